The van der Waals surface area contributed by atoms with E-state index >= 15 is 0 Å². The van der Waals surface area contributed by atoms with E-state index in [9.17, 15) is 4.79 Å². The summed E-state index contributed by atoms with van der Waals surface area (Å²) < 4.78 is 24.9. The minimum Gasteiger partial charge on any atom is -0.490 e. The van der Waals surface area contributed by atoms with Gasteiger partial charge in [-0.25, -0.2) is 4.79 Å². The van der Waals surface area contributed by atoms with Crippen LogP contribution in [0.15, 0.2) is 42.5 Å². The fraction of sp³-hybridized carbons (Fsp3) is 0.346. The van der Waals surface area contributed by atoms with Gasteiger partial charge in [-0.2, -0.15) is 0 Å². The molecule has 0 amide bonds. The number of carbonyl (C=O) groups excluding carboxylic acids is 1. The van der Waals surface area contributed by atoms with Crippen molar-refractivity contribution in [2.45, 2.75) is 33.7 Å². The summed E-state index contributed by atoms with van der Waals surface area (Å²) in [6, 6.07) is 14.1. The summed E-state index contributed by atoms with van der Waals surface area (Å²) in [5.74, 6) is 1.45. The maximum Gasteiger partial charge on any atom is 0.344 e. The number of hydrogen-bond acceptors (Lipinski definition) is 5. The van der Waals surface area contributed by atoms with Gasteiger partial charge in [0.05, 0.1) is 32.6 Å². The SMILES string of the molecule is CCOc1ccc(-c2c(C(=O)OC)c(OCC)n3c2-c2ccccc2CC3)cc1OCC. The fourth-order valence-corrected chi connectivity index (χ4v) is 4.36. The smallest absolute Gasteiger partial charge is 0.344 e. The average molecular weight is 436 g/mol. The molecule has 0 fully saturated rings. The highest BCUT2D eigenvalue weighted by Crippen LogP contribution is 2.47. The Bertz CT molecular complexity index is 1130. The van der Waals surface area contributed by atoms with Crippen LogP contribution in [0.4, 0.5) is 0 Å². The van der Waals surface area contributed by atoms with Gasteiger partial charge in [-0.15, -0.1) is 0 Å². The molecule has 168 valence electrons. The van der Waals surface area contributed by atoms with Gasteiger partial charge < -0.3 is 23.5 Å². The van der Waals surface area contributed by atoms with Crippen molar-refractivity contribution >= 4 is 5.97 Å². The molecule has 1 aliphatic rings. The molecule has 2 heterocycles. The van der Waals surface area contributed by atoms with Gasteiger partial charge in [0.1, 0.15) is 5.56 Å². The van der Waals surface area contributed by atoms with E-state index in [0.29, 0.717) is 42.8 Å². The molecule has 0 spiro atoms. The van der Waals surface area contributed by atoms with E-state index in [0.717, 1.165) is 35.3 Å². The molecular formula is C26H29NO5. The van der Waals surface area contributed by atoms with Crippen molar-refractivity contribution in [3.8, 4) is 39.8 Å². The van der Waals surface area contributed by atoms with Crippen LogP contribution < -0.4 is 14.2 Å². The van der Waals surface area contributed by atoms with Gasteiger partial charge in [0.25, 0.3) is 0 Å². The van der Waals surface area contributed by atoms with E-state index in [4.69, 9.17) is 18.9 Å². The summed E-state index contributed by atoms with van der Waals surface area (Å²) in [7, 11) is 1.40. The molecule has 0 aliphatic carbocycles. The molecule has 0 saturated carbocycles. The predicted molar refractivity (Wildman–Crippen MR) is 124 cm³/mol. The zero-order chi connectivity index (χ0) is 22.7. The third-order valence-electron chi connectivity index (χ3n) is 5.60. The molecule has 32 heavy (non-hydrogen) atoms. The standard InChI is InChI=1S/C26H29NO5/c1-5-30-20-13-12-18(16-21(20)31-6-2)22-23(26(28)29-4)25(32-7-3)27-15-14-17-10-8-9-11-19(17)24(22)27/h8-13,16H,5-7,14-15H2,1-4H3. The molecule has 6 heteroatoms. The summed E-state index contributed by atoms with van der Waals surface area (Å²) in [5.41, 5.74) is 5.38. The van der Waals surface area contributed by atoms with Crippen LogP contribution in [0.3, 0.4) is 0 Å². The first-order chi connectivity index (χ1) is 15.6. The molecule has 1 aromatic heterocycles. The zero-order valence-electron chi connectivity index (χ0n) is 19.1. The third-order valence-corrected chi connectivity index (χ3v) is 5.60. The Morgan fingerprint density at radius 3 is 2.38 bits per heavy atom. The molecular weight excluding hydrogens is 406 g/mol. The number of methoxy groups -OCH3 is 1. The van der Waals surface area contributed by atoms with Crippen LogP contribution in [0, 0.1) is 0 Å². The lowest BCUT2D eigenvalue weighted by atomic mass is 9.92. The van der Waals surface area contributed by atoms with Crippen LogP contribution in [0.2, 0.25) is 0 Å². The third kappa shape index (κ3) is 3.70. The van der Waals surface area contributed by atoms with Crippen LogP contribution in [0.25, 0.3) is 22.4 Å². The van der Waals surface area contributed by atoms with E-state index in [1.165, 1.54) is 12.7 Å². The molecule has 3 aromatic rings. The maximum atomic E-state index is 13.0. The number of benzene rings is 2. The highest BCUT2D eigenvalue weighted by Gasteiger charge is 2.33. The van der Waals surface area contributed by atoms with Crippen molar-refractivity contribution in [2.24, 2.45) is 0 Å². The number of carbonyl (C=O) groups is 1. The first kappa shape index (κ1) is 21.8. The average Bonchev–Trinajstić information content (AvgIpc) is 3.15. The second kappa shape index (κ2) is 9.39. The summed E-state index contributed by atoms with van der Waals surface area (Å²) in [6.45, 7) is 8.01. The molecule has 1 aliphatic heterocycles. The molecule has 0 atom stereocenters. The maximum absolute atomic E-state index is 13.0. The Morgan fingerprint density at radius 2 is 1.66 bits per heavy atom. The Labute approximate surface area is 188 Å². The number of ether oxygens (including phenoxy) is 4. The number of esters is 1. The lowest BCUT2D eigenvalue weighted by Crippen LogP contribution is -2.13. The molecule has 0 radical (unpaired) electrons. The largest absolute Gasteiger partial charge is 0.490 e. The Kier molecular flexibility index (Phi) is 6.40. The van der Waals surface area contributed by atoms with Gasteiger partial charge in [0.2, 0.25) is 5.88 Å². The second-order valence-corrected chi connectivity index (χ2v) is 7.41. The summed E-state index contributed by atoms with van der Waals surface area (Å²) in [5, 5.41) is 0. The number of rotatable bonds is 8. The number of nitrogens with zero attached hydrogens (tertiary/aromatic N) is 1. The van der Waals surface area contributed by atoms with Gasteiger partial charge in [0, 0.05) is 17.7 Å². The molecule has 0 N–H and O–H groups in total. The van der Waals surface area contributed by atoms with Crippen LogP contribution in [0.5, 0.6) is 17.4 Å². The van der Waals surface area contributed by atoms with Gasteiger partial charge in [-0.1, -0.05) is 30.3 Å². The van der Waals surface area contributed by atoms with E-state index in [1.54, 1.807) is 0 Å². The van der Waals surface area contributed by atoms with E-state index in [1.807, 2.05) is 51.1 Å². The topological polar surface area (TPSA) is 58.9 Å². The van der Waals surface area contributed by atoms with Crippen LogP contribution >= 0.6 is 0 Å². The number of fused-ring (bicyclic) bond motifs is 3. The van der Waals surface area contributed by atoms with Crippen molar-refractivity contribution in [3.05, 3.63) is 53.6 Å². The van der Waals surface area contributed by atoms with Gasteiger partial charge in [-0.05, 0) is 50.5 Å². The van der Waals surface area contributed by atoms with Crippen molar-refractivity contribution in [1.82, 2.24) is 4.57 Å². The minimum absolute atomic E-state index is 0.422. The molecule has 0 saturated heterocycles. The van der Waals surface area contributed by atoms with Crippen LogP contribution in [0.1, 0.15) is 36.7 Å². The molecule has 4 rings (SSSR count). The van der Waals surface area contributed by atoms with Crippen LogP contribution in [-0.2, 0) is 17.7 Å². The Balaban J connectivity index is 2.04. The summed E-state index contributed by atoms with van der Waals surface area (Å²) in [6.07, 6.45) is 0.867. The minimum atomic E-state index is -0.422. The lowest BCUT2D eigenvalue weighted by Gasteiger charge is -2.22. The number of hydrogen-bond donors (Lipinski definition) is 0. The fourth-order valence-electron chi connectivity index (χ4n) is 4.36. The number of aromatic nitrogens is 1. The monoisotopic (exact) mass is 435 g/mol. The first-order valence-corrected chi connectivity index (χ1v) is 11.1. The molecule has 2 aromatic carbocycles. The summed E-state index contributed by atoms with van der Waals surface area (Å²) >= 11 is 0. The quantitative estimate of drug-likeness (QED) is 0.446. The molecule has 6 nitrogen and oxygen atoms in total. The normalized spacial score (nSPS) is 12.0. The van der Waals surface area contributed by atoms with Gasteiger partial charge >= 0.3 is 5.97 Å². The van der Waals surface area contributed by atoms with Crippen molar-refractivity contribution < 1.29 is 23.7 Å². The van der Waals surface area contributed by atoms with Gasteiger partial charge in [-0.3, -0.25) is 0 Å². The summed E-state index contributed by atoms with van der Waals surface area (Å²) in [4.78, 5) is 13.0. The lowest BCUT2D eigenvalue weighted by molar-refractivity contribution is 0.0596. The zero-order valence-corrected chi connectivity index (χ0v) is 19.1. The second-order valence-electron chi connectivity index (χ2n) is 7.41. The number of aryl methyl sites for hydroxylation is 1. The van der Waals surface area contributed by atoms with Crippen molar-refractivity contribution in [2.75, 3.05) is 26.9 Å². The van der Waals surface area contributed by atoms with E-state index < -0.39 is 5.97 Å². The van der Waals surface area contributed by atoms with Crippen molar-refractivity contribution in [1.29, 1.82) is 0 Å². The Morgan fingerprint density at radius 1 is 0.938 bits per heavy atom. The van der Waals surface area contributed by atoms with Gasteiger partial charge in [0.15, 0.2) is 11.5 Å². The predicted octanol–water partition coefficient (Wildman–Crippen LogP) is 5.36. The van der Waals surface area contributed by atoms with Crippen LogP contribution in [-0.4, -0.2) is 37.5 Å². The van der Waals surface area contributed by atoms with Crippen molar-refractivity contribution in [3.63, 3.8) is 0 Å². The van der Waals surface area contributed by atoms with E-state index in [-0.39, 0.29) is 0 Å². The first-order valence-electron chi connectivity index (χ1n) is 11.1. The Hall–Kier alpha value is -3.41. The molecule has 0 unspecified atom stereocenters. The highest BCUT2D eigenvalue weighted by molar-refractivity contribution is 6.05. The van der Waals surface area contributed by atoms with E-state index in [2.05, 4.69) is 16.7 Å². The molecule has 0 bridgehead atoms. The highest BCUT2D eigenvalue weighted by atomic mass is 16.5.